The third-order valence-corrected chi connectivity index (χ3v) is 2.99. The van der Waals surface area contributed by atoms with Crippen molar-refractivity contribution in [3.05, 3.63) is 47.5 Å². The topological polar surface area (TPSA) is 72.9 Å². The van der Waals surface area contributed by atoms with Crippen molar-refractivity contribution >= 4 is 18.3 Å². The molecule has 0 aliphatic heterocycles. The summed E-state index contributed by atoms with van der Waals surface area (Å²) in [5, 5.41) is 6.96. The highest BCUT2D eigenvalue weighted by Gasteiger charge is 2.14. The van der Waals surface area contributed by atoms with Gasteiger partial charge in [-0.15, -0.1) is 12.4 Å². The van der Waals surface area contributed by atoms with E-state index < -0.39 is 0 Å². The fourth-order valence-corrected chi connectivity index (χ4v) is 1.87. The summed E-state index contributed by atoms with van der Waals surface area (Å²) in [6.45, 7) is 2.87. The first-order valence-corrected chi connectivity index (χ1v) is 6.42. The lowest BCUT2D eigenvalue weighted by Crippen LogP contribution is -2.26. The molecule has 0 saturated carbocycles. The molecule has 1 heterocycles. The molecule has 0 bridgehead atoms. The molecule has 0 unspecified atom stereocenters. The average Bonchev–Trinajstić information content (AvgIpc) is 2.82. The van der Waals surface area contributed by atoms with Crippen molar-refractivity contribution in [2.45, 2.75) is 13.3 Å². The van der Waals surface area contributed by atoms with Crippen LogP contribution in [0.4, 0.5) is 4.39 Å². The third kappa shape index (κ3) is 4.03. The Balaban J connectivity index is 0.00000220. The molecule has 1 aromatic carbocycles. The van der Waals surface area contributed by atoms with E-state index >= 15 is 0 Å². The second-order valence-electron chi connectivity index (χ2n) is 4.43. The number of nitrogens with two attached hydrogens (primary N) is 1. The van der Waals surface area contributed by atoms with Crippen molar-refractivity contribution in [2.24, 2.45) is 5.73 Å². The molecule has 0 saturated heterocycles. The summed E-state index contributed by atoms with van der Waals surface area (Å²) < 4.78 is 14.5. The number of aromatic nitrogens is 2. The van der Waals surface area contributed by atoms with Crippen LogP contribution < -0.4 is 11.1 Å². The average molecular weight is 313 g/mol. The predicted octanol–water partition coefficient (Wildman–Crippen LogP) is 1.82. The maximum absolute atomic E-state index is 12.9. The van der Waals surface area contributed by atoms with Crippen molar-refractivity contribution in [3.8, 4) is 5.69 Å². The van der Waals surface area contributed by atoms with Gasteiger partial charge in [0, 0.05) is 6.54 Å². The molecule has 7 heteroatoms. The van der Waals surface area contributed by atoms with Gasteiger partial charge >= 0.3 is 0 Å². The van der Waals surface area contributed by atoms with Crippen molar-refractivity contribution < 1.29 is 9.18 Å². The van der Waals surface area contributed by atoms with Crippen LogP contribution in [-0.4, -0.2) is 28.8 Å². The summed E-state index contributed by atoms with van der Waals surface area (Å²) >= 11 is 0. The van der Waals surface area contributed by atoms with Crippen molar-refractivity contribution in [1.29, 1.82) is 0 Å². The zero-order chi connectivity index (χ0) is 14.5. The van der Waals surface area contributed by atoms with Crippen LogP contribution in [0.3, 0.4) is 0 Å². The number of nitrogens with zero attached hydrogens (tertiary/aromatic N) is 2. The number of nitrogens with one attached hydrogen (secondary N) is 1. The molecule has 21 heavy (non-hydrogen) atoms. The van der Waals surface area contributed by atoms with Crippen molar-refractivity contribution in [3.63, 3.8) is 0 Å². The van der Waals surface area contributed by atoms with Crippen LogP contribution in [0.5, 0.6) is 0 Å². The summed E-state index contributed by atoms with van der Waals surface area (Å²) in [6.07, 6.45) is 2.24. The van der Waals surface area contributed by atoms with Gasteiger partial charge in [-0.2, -0.15) is 5.10 Å². The van der Waals surface area contributed by atoms with Gasteiger partial charge in [0.1, 0.15) is 5.82 Å². The van der Waals surface area contributed by atoms with Gasteiger partial charge in [-0.05, 0) is 44.2 Å². The van der Waals surface area contributed by atoms with Crippen LogP contribution in [0.25, 0.3) is 5.69 Å². The van der Waals surface area contributed by atoms with E-state index in [0.717, 1.165) is 6.42 Å². The molecule has 5 nitrogen and oxygen atoms in total. The Morgan fingerprint density at radius 2 is 2.05 bits per heavy atom. The Kier molecular flexibility index (Phi) is 6.33. The molecule has 2 rings (SSSR count). The molecule has 2 aromatic rings. The molecule has 0 atom stereocenters. The van der Waals surface area contributed by atoms with Gasteiger partial charge < -0.3 is 11.1 Å². The lowest BCUT2D eigenvalue weighted by Gasteiger charge is -2.06. The highest BCUT2D eigenvalue weighted by Crippen LogP contribution is 2.14. The molecule has 3 N–H and O–H groups in total. The Morgan fingerprint density at radius 1 is 1.38 bits per heavy atom. The monoisotopic (exact) mass is 312 g/mol. The summed E-state index contributed by atoms with van der Waals surface area (Å²) in [5.74, 6) is -0.484. The van der Waals surface area contributed by atoms with E-state index in [4.69, 9.17) is 5.73 Å². The highest BCUT2D eigenvalue weighted by atomic mass is 35.5. The van der Waals surface area contributed by atoms with Crippen LogP contribution in [0.1, 0.15) is 22.5 Å². The Bertz CT molecular complexity index is 598. The lowest BCUT2D eigenvalue weighted by atomic mass is 10.2. The Hall–Kier alpha value is -1.92. The molecule has 1 amide bonds. The van der Waals surface area contributed by atoms with Gasteiger partial charge in [0.15, 0.2) is 0 Å². The quantitative estimate of drug-likeness (QED) is 0.827. The zero-order valence-corrected chi connectivity index (χ0v) is 12.5. The minimum atomic E-state index is -0.307. The number of hydrogen-bond acceptors (Lipinski definition) is 3. The van der Waals surface area contributed by atoms with Gasteiger partial charge in [0.25, 0.3) is 5.91 Å². The SMILES string of the molecule is Cc1c(C(=O)NCCCN)cnn1-c1ccc(F)cc1.Cl. The minimum Gasteiger partial charge on any atom is -0.352 e. The predicted molar refractivity (Wildman–Crippen MR) is 81.5 cm³/mol. The molecule has 114 valence electrons. The number of carbonyl (C=O) groups is 1. The summed E-state index contributed by atoms with van der Waals surface area (Å²) in [6, 6.07) is 5.95. The maximum Gasteiger partial charge on any atom is 0.254 e. The molecule has 0 spiro atoms. The number of halogens is 2. The Labute approximate surface area is 128 Å². The third-order valence-electron chi connectivity index (χ3n) is 2.99. The normalized spacial score (nSPS) is 10.0. The largest absolute Gasteiger partial charge is 0.352 e. The first-order valence-electron chi connectivity index (χ1n) is 6.42. The molecule has 1 aromatic heterocycles. The van der Waals surface area contributed by atoms with E-state index in [1.54, 1.807) is 23.7 Å². The molecular formula is C14H18ClFN4O. The van der Waals surface area contributed by atoms with Gasteiger partial charge in [0.2, 0.25) is 0 Å². The number of carbonyl (C=O) groups excluding carboxylic acids is 1. The van der Waals surface area contributed by atoms with E-state index in [2.05, 4.69) is 10.4 Å². The first kappa shape index (κ1) is 17.1. The molecular weight excluding hydrogens is 295 g/mol. The fraction of sp³-hybridized carbons (Fsp3) is 0.286. The van der Waals surface area contributed by atoms with Gasteiger partial charge in [-0.3, -0.25) is 4.79 Å². The van der Waals surface area contributed by atoms with E-state index in [-0.39, 0.29) is 24.1 Å². The summed E-state index contributed by atoms with van der Waals surface area (Å²) in [5.41, 5.74) is 7.31. The number of hydrogen-bond donors (Lipinski definition) is 2. The number of benzene rings is 1. The highest BCUT2D eigenvalue weighted by molar-refractivity contribution is 5.95. The second kappa shape index (κ2) is 7.75. The minimum absolute atomic E-state index is 0. The molecule has 0 aliphatic rings. The standard InChI is InChI=1S/C14H17FN4O.ClH/c1-10-13(14(20)17-8-2-7-16)9-18-19(10)12-5-3-11(15)4-6-12;/h3-6,9H,2,7-8,16H2,1H3,(H,17,20);1H. The van der Waals surface area contributed by atoms with E-state index in [9.17, 15) is 9.18 Å². The van der Waals surface area contributed by atoms with Gasteiger partial charge in [-0.25, -0.2) is 9.07 Å². The zero-order valence-electron chi connectivity index (χ0n) is 11.7. The van der Waals surface area contributed by atoms with Crippen LogP contribution in [-0.2, 0) is 0 Å². The van der Waals surface area contributed by atoms with E-state index in [0.29, 0.717) is 30.0 Å². The molecule has 0 fully saturated rings. The molecule has 0 radical (unpaired) electrons. The summed E-state index contributed by atoms with van der Waals surface area (Å²) in [7, 11) is 0. The number of rotatable bonds is 5. The summed E-state index contributed by atoms with van der Waals surface area (Å²) in [4.78, 5) is 12.0. The van der Waals surface area contributed by atoms with Crippen LogP contribution in [0.15, 0.2) is 30.5 Å². The van der Waals surface area contributed by atoms with Crippen LogP contribution >= 0.6 is 12.4 Å². The Morgan fingerprint density at radius 3 is 2.67 bits per heavy atom. The van der Waals surface area contributed by atoms with Crippen LogP contribution in [0, 0.1) is 12.7 Å². The van der Waals surface area contributed by atoms with Crippen LogP contribution in [0.2, 0.25) is 0 Å². The van der Waals surface area contributed by atoms with Crippen molar-refractivity contribution in [2.75, 3.05) is 13.1 Å². The van der Waals surface area contributed by atoms with E-state index in [1.807, 2.05) is 0 Å². The second-order valence-corrected chi connectivity index (χ2v) is 4.43. The maximum atomic E-state index is 12.9. The lowest BCUT2D eigenvalue weighted by molar-refractivity contribution is 0.0953. The van der Waals surface area contributed by atoms with Gasteiger partial charge in [-0.1, -0.05) is 0 Å². The van der Waals surface area contributed by atoms with Crippen molar-refractivity contribution in [1.82, 2.24) is 15.1 Å². The smallest absolute Gasteiger partial charge is 0.254 e. The van der Waals surface area contributed by atoms with E-state index in [1.165, 1.54) is 18.3 Å². The number of amides is 1. The molecule has 0 aliphatic carbocycles. The first-order chi connectivity index (χ1) is 9.63. The van der Waals surface area contributed by atoms with Gasteiger partial charge in [0.05, 0.1) is 23.1 Å². The fourth-order valence-electron chi connectivity index (χ4n) is 1.87.